The maximum atomic E-state index is 6.28. The summed E-state index contributed by atoms with van der Waals surface area (Å²) < 4.78 is 0. The zero-order chi connectivity index (χ0) is 16.4. The molecule has 1 aliphatic heterocycles. The molecule has 0 unspecified atom stereocenters. The first-order chi connectivity index (χ1) is 11.1. The van der Waals surface area contributed by atoms with Crippen LogP contribution in [0.4, 0.5) is 17.1 Å². The Kier molecular flexibility index (Phi) is 4.54. The van der Waals surface area contributed by atoms with E-state index < -0.39 is 0 Å². The van der Waals surface area contributed by atoms with E-state index in [0.29, 0.717) is 0 Å². The summed E-state index contributed by atoms with van der Waals surface area (Å²) in [5.74, 6) is 0. The van der Waals surface area contributed by atoms with E-state index in [4.69, 9.17) is 11.6 Å². The van der Waals surface area contributed by atoms with E-state index in [-0.39, 0.29) is 5.41 Å². The van der Waals surface area contributed by atoms with Crippen molar-refractivity contribution in [3.05, 3.63) is 53.1 Å². The van der Waals surface area contributed by atoms with Crippen LogP contribution in [-0.4, -0.2) is 13.1 Å². The van der Waals surface area contributed by atoms with Crippen LogP contribution in [0.25, 0.3) is 0 Å². The van der Waals surface area contributed by atoms with Gasteiger partial charge in [0.2, 0.25) is 0 Å². The minimum atomic E-state index is 0.267. The van der Waals surface area contributed by atoms with Crippen LogP contribution >= 0.6 is 11.6 Å². The third-order valence-electron chi connectivity index (χ3n) is 5.29. The summed E-state index contributed by atoms with van der Waals surface area (Å²) in [5.41, 5.74) is 5.20. The van der Waals surface area contributed by atoms with Gasteiger partial charge in [-0.1, -0.05) is 37.6 Å². The van der Waals surface area contributed by atoms with Crippen LogP contribution in [0.3, 0.4) is 0 Å². The van der Waals surface area contributed by atoms with E-state index in [9.17, 15) is 0 Å². The molecule has 1 N–H and O–H groups in total. The summed E-state index contributed by atoms with van der Waals surface area (Å²) in [5, 5.41) is 4.22. The molecular weight excluding hydrogens is 304 g/mol. The van der Waals surface area contributed by atoms with Crippen LogP contribution in [0.1, 0.15) is 39.2 Å². The lowest BCUT2D eigenvalue weighted by molar-refractivity contribution is 0.421. The molecule has 2 nitrogen and oxygen atoms in total. The van der Waals surface area contributed by atoms with Gasteiger partial charge in [-0.05, 0) is 55.7 Å². The lowest BCUT2D eigenvalue weighted by atomic mass is 9.77. The number of halogens is 1. The Morgan fingerprint density at radius 2 is 1.83 bits per heavy atom. The number of anilines is 3. The number of rotatable bonds is 5. The zero-order valence-corrected chi connectivity index (χ0v) is 15.0. The Morgan fingerprint density at radius 3 is 2.48 bits per heavy atom. The third-order valence-corrected chi connectivity index (χ3v) is 5.62. The lowest BCUT2D eigenvalue weighted by Gasteiger charge is -2.28. The molecule has 0 saturated carbocycles. The molecule has 0 amide bonds. The fraction of sp³-hybridized carbons (Fsp3) is 0.400. The van der Waals surface area contributed by atoms with Crippen molar-refractivity contribution in [3.63, 3.8) is 0 Å². The molecule has 0 radical (unpaired) electrons. The van der Waals surface area contributed by atoms with Crippen molar-refractivity contribution in [2.75, 3.05) is 23.3 Å². The monoisotopic (exact) mass is 328 g/mol. The van der Waals surface area contributed by atoms with Gasteiger partial charge in [-0.25, -0.2) is 0 Å². The molecule has 122 valence electrons. The molecule has 2 aromatic rings. The van der Waals surface area contributed by atoms with Crippen molar-refractivity contribution in [1.29, 1.82) is 0 Å². The first kappa shape index (κ1) is 16.2. The number of hydrogen-bond acceptors (Lipinski definition) is 2. The number of nitrogens with one attached hydrogen (secondary N) is 1. The van der Waals surface area contributed by atoms with E-state index >= 15 is 0 Å². The smallest absolute Gasteiger partial charge is 0.0640 e. The minimum Gasteiger partial charge on any atom is -0.371 e. The summed E-state index contributed by atoms with van der Waals surface area (Å²) in [6.45, 7) is 9.04. The second-order valence-corrected chi connectivity index (χ2v) is 6.75. The van der Waals surface area contributed by atoms with Crippen molar-refractivity contribution >= 4 is 28.7 Å². The highest BCUT2D eigenvalue weighted by atomic mass is 35.5. The summed E-state index contributed by atoms with van der Waals surface area (Å²) in [6, 6.07) is 14.6. The number of fused-ring (bicyclic) bond motifs is 1. The fourth-order valence-corrected chi connectivity index (χ4v) is 3.89. The minimum absolute atomic E-state index is 0.267. The molecular formula is C20H25ClN2. The quantitative estimate of drug-likeness (QED) is 0.726. The van der Waals surface area contributed by atoms with Crippen molar-refractivity contribution in [2.45, 2.75) is 39.0 Å². The number of likely N-dealkylation sites (N-methyl/N-ethyl adjacent to an activating group) is 1. The third kappa shape index (κ3) is 2.81. The highest BCUT2D eigenvalue weighted by molar-refractivity contribution is 6.33. The first-order valence-corrected chi connectivity index (χ1v) is 8.92. The lowest BCUT2D eigenvalue weighted by Crippen LogP contribution is -2.32. The first-order valence-electron chi connectivity index (χ1n) is 8.54. The van der Waals surface area contributed by atoms with Gasteiger partial charge in [0.15, 0.2) is 0 Å². The summed E-state index contributed by atoms with van der Waals surface area (Å²) in [4.78, 5) is 2.50. The number of nitrogens with zero attached hydrogens (tertiary/aromatic N) is 1. The predicted octanol–water partition coefficient (Wildman–Crippen LogP) is 5.98. The molecule has 1 heterocycles. The highest BCUT2D eigenvalue weighted by Crippen LogP contribution is 2.46. The Balaban J connectivity index is 1.99. The van der Waals surface area contributed by atoms with Gasteiger partial charge in [0.05, 0.1) is 10.7 Å². The van der Waals surface area contributed by atoms with Gasteiger partial charge in [-0.2, -0.15) is 0 Å². The van der Waals surface area contributed by atoms with Gasteiger partial charge in [-0.15, -0.1) is 0 Å². The van der Waals surface area contributed by atoms with Gasteiger partial charge in [0.1, 0.15) is 0 Å². The zero-order valence-electron chi connectivity index (χ0n) is 14.2. The van der Waals surface area contributed by atoms with Gasteiger partial charge < -0.3 is 10.2 Å². The molecule has 3 rings (SSSR count). The molecule has 1 aliphatic rings. The molecule has 0 bridgehead atoms. The van der Waals surface area contributed by atoms with Gasteiger partial charge in [0, 0.05) is 29.9 Å². The molecule has 3 heteroatoms. The van der Waals surface area contributed by atoms with E-state index in [0.717, 1.165) is 29.5 Å². The molecule has 0 fully saturated rings. The molecule has 23 heavy (non-hydrogen) atoms. The van der Waals surface area contributed by atoms with Crippen LogP contribution in [0.2, 0.25) is 5.02 Å². The largest absolute Gasteiger partial charge is 0.371 e. The fourth-order valence-electron chi connectivity index (χ4n) is 3.70. The topological polar surface area (TPSA) is 15.3 Å². The summed E-state index contributed by atoms with van der Waals surface area (Å²) in [6.07, 6.45) is 2.34. The maximum Gasteiger partial charge on any atom is 0.0640 e. The van der Waals surface area contributed by atoms with Crippen LogP contribution in [-0.2, 0) is 5.41 Å². The highest BCUT2D eigenvalue weighted by Gasteiger charge is 2.39. The van der Waals surface area contributed by atoms with Crippen LogP contribution < -0.4 is 10.2 Å². The number of benzene rings is 2. The molecule has 0 aliphatic carbocycles. The van der Waals surface area contributed by atoms with Crippen LogP contribution in [0.15, 0.2) is 42.5 Å². The number of hydrogen-bond donors (Lipinski definition) is 1. The molecule has 0 aromatic heterocycles. The maximum absolute atomic E-state index is 6.28. The van der Waals surface area contributed by atoms with Gasteiger partial charge in [-0.3, -0.25) is 0 Å². The average molecular weight is 329 g/mol. The Labute approximate surface area is 144 Å². The van der Waals surface area contributed by atoms with Crippen LogP contribution in [0, 0.1) is 0 Å². The van der Waals surface area contributed by atoms with Crippen molar-refractivity contribution in [2.24, 2.45) is 0 Å². The molecule has 0 saturated heterocycles. The second-order valence-electron chi connectivity index (χ2n) is 6.34. The van der Waals surface area contributed by atoms with Crippen molar-refractivity contribution in [1.82, 2.24) is 0 Å². The van der Waals surface area contributed by atoms with Crippen molar-refractivity contribution < 1.29 is 0 Å². The summed E-state index contributed by atoms with van der Waals surface area (Å²) >= 11 is 6.28. The Morgan fingerprint density at radius 1 is 1.09 bits per heavy atom. The average Bonchev–Trinajstić information content (AvgIpc) is 2.91. The molecule has 0 atom stereocenters. The van der Waals surface area contributed by atoms with Crippen LogP contribution in [0.5, 0.6) is 0 Å². The number of para-hydroxylation sites is 1. The Bertz CT molecular complexity index is 692. The second kappa shape index (κ2) is 6.45. The van der Waals surface area contributed by atoms with Gasteiger partial charge in [0.25, 0.3) is 0 Å². The predicted molar refractivity (Wildman–Crippen MR) is 101 cm³/mol. The standard InChI is InChI=1S/C20H25ClN2/c1-4-20(5-2)14-23(6-3)19-12-11-15(13-16(19)20)22-18-10-8-7-9-17(18)21/h7-13,22H,4-6,14H2,1-3H3. The van der Waals surface area contributed by atoms with Crippen molar-refractivity contribution in [3.8, 4) is 0 Å². The normalized spacial score (nSPS) is 15.6. The SMILES string of the molecule is CCN1CC(CC)(CC)c2cc(Nc3ccccc3Cl)ccc21. The summed E-state index contributed by atoms with van der Waals surface area (Å²) in [7, 11) is 0. The van der Waals surface area contributed by atoms with E-state index in [1.807, 2.05) is 24.3 Å². The molecule has 2 aromatic carbocycles. The van der Waals surface area contributed by atoms with E-state index in [1.54, 1.807) is 0 Å². The van der Waals surface area contributed by atoms with E-state index in [1.165, 1.54) is 24.1 Å². The van der Waals surface area contributed by atoms with Gasteiger partial charge >= 0.3 is 0 Å². The Hall–Kier alpha value is -1.67. The van der Waals surface area contributed by atoms with E-state index in [2.05, 4.69) is 49.2 Å². The molecule has 0 spiro atoms.